The van der Waals surface area contributed by atoms with Gasteiger partial charge in [-0.1, -0.05) is 19.3 Å². The largest absolute Gasteiger partial charge is 0.300 e. The molecule has 6 fully saturated rings. The highest BCUT2D eigenvalue weighted by atomic mass is 15.2. The maximum Gasteiger partial charge on any atom is 0.0124 e. The van der Waals surface area contributed by atoms with Crippen molar-refractivity contribution in [1.29, 1.82) is 0 Å². The van der Waals surface area contributed by atoms with E-state index in [1.165, 1.54) is 45.2 Å². The Balaban J connectivity index is 1.33. The molecule has 21 heavy (non-hydrogen) atoms. The average Bonchev–Trinajstić information content (AvgIpc) is 2.67. The van der Waals surface area contributed by atoms with Gasteiger partial charge < -0.3 is 0 Å². The molecule has 1 heterocycles. The third-order valence-electron chi connectivity index (χ3n) is 8.08. The van der Waals surface area contributed by atoms with Crippen molar-refractivity contribution in [2.24, 2.45) is 29.1 Å². The molecular weight excluding hydrogens is 254 g/mol. The Labute approximate surface area is 130 Å². The molecule has 2 atom stereocenters. The van der Waals surface area contributed by atoms with Gasteiger partial charge in [0, 0.05) is 12.6 Å². The third kappa shape index (κ3) is 2.30. The van der Waals surface area contributed by atoms with Crippen molar-refractivity contribution in [1.82, 2.24) is 4.90 Å². The molecule has 0 amide bonds. The number of hydrogen-bond acceptors (Lipinski definition) is 1. The molecule has 0 aromatic rings. The standard InChI is InChI=1S/C20H33N/c1-2-4-18-6-7-21(19(18)5-3-1)14-20-11-15-8-16(12-20)10-17(9-15)13-20/h15-19H,1-14H2/t15?,16?,17?,18-,19-,20?/m0/s1. The lowest BCUT2D eigenvalue weighted by Gasteiger charge is -2.58. The second kappa shape index (κ2) is 4.98. The molecule has 1 heteroatoms. The maximum atomic E-state index is 3.00. The molecule has 1 aliphatic heterocycles. The van der Waals surface area contributed by atoms with Gasteiger partial charge in [0.2, 0.25) is 0 Å². The molecule has 5 saturated carbocycles. The van der Waals surface area contributed by atoms with E-state index in [1.54, 1.807) is 44.9 Å². The first kappa shape index (κ1) is 13.4. The predicted octanol–water partition coefficient (Wildman–Crippen LogP) is 4.86. The van der Waals surface area contributed by atoms with E-state index in [4.69, 9.17) is 0 Å². The van der Waals surface area contributed by atoms with E-state index in [9.17, 15) is 0 Å². The van der Waals surface area contributed by atoms with Gasteiger partial charge >= 0.3 is 0 Å². The van der Waals surface area contributed by atoms with E-state index in [0.717, 1.165) is 35.1 Å². The van der Waals surface area contributed by atoms with Crippen molar-refractivity contribution in [2.45, 2.75) is 83.1 Å². The summed E-state index contributed by atoms with van der Waals surface area (Å²) in [5, 5.41) is 0. The lowest BCUT2D eigenvalue weighted by atomic mass is 9.49. The summed E-state index contributed by atoms with van der Waals surface area (Å²) in [6.07, 6.45) is 18.8. The Morgan fingerprint density at radius 3 is 2.14 bits per heavy atom. The van der Waals surface area contributed by atoms with Crippen molar-refractivity contribution in [2.75, 3.05) is 13.1 Å². The lowest BCUT2D eigenvalue weighted by molar-refractivity contribution is -0.0718. The molecule has 0 aromatic heterocycles. The van der Waals surface area contributed by atoms with Gasteiger partial charge in [-0.25, -0.2) is 0 Å². The summed E-state index contributed by atoms with van der Waals surface area (Å²) in [6.45, 7) is 2.94. The van der Waals surface area contributed by atoms with Crippen molar-refractivity contribution in [3.63, 3.8) is 0 Å². The van der Waals surface area contributed by atoms with Gasteiger partial charge in [-0.3, -0.25) is 4.90 Å². The minimum atomic E-state index is 0.774. The molecule has 1 saturated heterocycles. The smallest absolute Gasteiger partial charge is 0.0124 e. The van der Waals surface area contributed by atoms with Gasteiger partial charge in [0.25, 0.3) is 0 Å². The maximum absolute atomic E-state index is 3.00. The van der Waals surface area contributed by atoms with Gasteiger partial charge in [0.15, 0.2) is 0 Å². The summed E-state index contributed by atoms with van der Waals surface area (Å²) in [7, 11) is 0. The summed E-state index contributed by atoms with van der Waals surface area (Å²) in [4.78, 5) is 3.00. The van der Waals surface area contributed by atoms with Gasteiger partial charge in [0.05, 0.1) is 0 Å². The fourth-order valence-electron chi connectivity index (χ4n) is 7.79. The number of rotatable bonds is 2. The molecule has 0 unspecified atom stereocenters. The number of fused-ring (bicyclic) bond motifs is 1. The Bertz CT molecular complexity index is 365. The van der Waals surface area contributed by atoms with Gasteiger partial charge in [-0.15, -0.1) is 0 Å². The number of likely N-dealkylation sites (tertiary alicyclic amines) is 1. The summed E-state index contributed by atoms with van der Waals surface area (Å²) in [5.41, 5.74) is 0.774. The minimum Gasteiger partial charge on any atom is -0.300 e. The SMILES string of the molecule is C1CC[C@H]2CCN(CC34CC5CC(CC(C5)C3)C4)[C@H]2CC1. The van der Waals surface area contributed by atoms with E-state index in [2.05, 4.69) is 4.90 Å². The highest BCUT2D eigenvalue weighted by Crippen LogP contribution is 2.60. The Morgan fingerprint density at radius 2 is 1.43 bits per heavy atom. The first-order valence-electron chi connectivity index (χ1n) is 10.0. The Hall–Kier alpha value is -0.0400. The van der Waals surface area contributed by atoms with Crippen LogP contribution in [-0.4, -0.2) is 24.0 Å². The van der Waals surface area contributed by atoms with Gasteiger partial charge in [-0.2, -0.15) is 0 Å². The van der Waals surface area contributed by atoms with E-state index < -0.39 is 0 Å². The number of hydrogen-bond donors (Lipinski definition) is 0. The van der Waals surface area contributed by atoms with Crippen LogP contribution in [0, 0.1) is 29.1 Å². The predicted molar refractivity (Wildman–Crippen MR) is 87.2 cm³/mol. The molecule has 118 valence electrons. The van der Waals surface area contributed by atoms with Gasteiger partial charge in [-0.05, 0) is 93.4 Å². The van der Waals surface area contributed by atoms with Crippen LogP contribution in [-0.2, 0) is 0 Å². The third-order valence-corrected chi connectivity index (χ3v) is 8.08. The normalized spacial score (nSPS) is 52.9. The van der Waals surface area contributed by atoms with Crippen LogP contribution in [0.25, 0.3) is 0 Å². The topological polar surface area (TPSA) is 3.24 Å². The van der Waals surface area contributed by atoms with Crippen LogP contribution < -0.4 is 0 Å². The summed E-state index contributed by atoms with van der Waals surface area (Å²) in [6, 6.07) is 0.987. The quantitative estimate of drug-likeness (QED) is 0.701. The fourth-order valence-corrected chi connectivity index (χ4v) is 7.79. The van der Waals surface area contributed by atoms with Crippen LogP contribution in [0.3, 0.4) is 0 Å². The van der Waals surface area contributed by atoms with Crippen LogP contribution in [0.4, 0.5) is 0 Å². The highest BCUT2D eigenvalue weighted by molar-refractivity contribution is 5.04. The monoisotopic (exact) mass is 287 g/mol. The molecular formula is C20H33N. The molecule has 0 N–H and O–H groups in total. The van der Waals surface area contributed by atoms with E-state index in [-0.39, 0.29) is 0 Å². The molecule has 6 rings (SSSR count). The summed E-state index contributed by atoms with van der Waals surface area (Å²) >= 11 is 0. The van der Waals surface area contributed by atoms with Gasteiger partial charge in [0.1, 0.15) is 0 Å². The summed E-state index contributed by atoms with van der Waals surface area (Å²) < 4.78 is 0. The summed E-state index contributed by atoms with van der Waals surface area (Å²) in [5.74, 6) is 4.46. The molecule has 5 aliphatic carbocycles. The molecule has 0 aromatic carbocycles. The molecule has 0 spiro atoms. The molecule has 6 aliphatic rings. The van der Waals surface area contributed by atoms with E-state index in [1.807, 2.05) is 0 Å². The van der Waals surface area contributed by atoms with Crippen LogP contribution in [0.5, 0.6) is 0 Å². The lowest BCUT2D eigenvalue weighted by Crippen LogP contribution is -2.52. The van der Waals surface area contributed by atoms with Crippen molar-refractivity contribution in [3.05, 3.63) is 0 Å². The second-order valence-corrected chi connectivity index (χ2v) is 9.64. The number of nitrogens with zero attached hydrogens (tertiary/aromatic N) is 1. The molecule has 4 bridgehead atoms. The van der Waals surface area contributed by atoms with Crippen molar-refractivity contribution >= 4 is 0 Å². The first-order chi connectivity index (χ1) is 10.3. The Kier molecular flexibility index (Phi) is 3.18. The fraction of sp³-hybridized carbons (Fsp3) is 1.00. The van der Waals surface area contributed by atoms with Crippen molar-refractivity contribution in [3.8, 4) is 0 Å². The van der Waals surface area contributed by atoms with Crippen LogP contribution in [0.2, 0.25) is 0 Å². The highest BCUT2D eigenvalue weighted by Gasteiger charge is 2.52. The van der Waals surface area contributed by atoms with E-state index in [0.29, 0.717) is 0 Å². The zero-order valence-corrected chi connectivity index (χ0v) is 13.7. The zero-order valence-electron chi connectivity index (χ0n) is 13.7. The van der Waals surface area contributed by atoms with Crippen LogP contribution in [0.15, 0.2) is 0 Å². The first-order valence-corrected chi connectivity index (χ1v) is 10.0. The molecule has 1 nitrogen and oxygen atoms in total. The minimum absolute atomic E-state index is 0.774. The zero-order chi connectivity index (χ0) is 13.9. The van der Waals surface area contributed by atoms with Crippen LogP contribution in [0.1, 0.15) is 77.0 Å². The van der Waals surface area contributed by atoms with Crippen molar-refractivity contribution < 1.29 is 0 Å². The second-order valence-electron chi connectivity index (χ2n) is 9.64. The van der Waals surface area contributed by atoms with Crippen LogP contribution >= 0.6 is 0 Å². The Morgan fingerprint density at radius 1 is 0.762 bits per heavy atom. The molecule has 0 radical (unpaired) electrons. The average molecular weight is 287 g/mol. The van der Waals surface area contributed by atoms with E-state index >= 15 is 0 Å².